The molecule has 1 unspecified atom stereocenters. The fourth-order valence-corrected chi connectivity index (χ4v) is 2.56. The molecule has 2 N–H and O–H groups in total. The number of amides is 1. The lowest BCUT2D eigenvalue weighted by Gasteiger charge is -2.13. The van der Waals surface area contributed by atoms with Crippen molar-refractivity contribution in [1.29, 1.82) is 0 Å². The third kappa shape index (κ3) is 4.07. The first kappa shape index (κ1) is 15.5. The van der Waals surface area contributed by atoms with Crippen LogP contribution in [0.4, 0.5) is 0 Å². The van der Waals surface area contributed by atoms with E-state index in [0.29, 0.717) is 35.6 Å². The van der Waals surface area contributed by atoms with Crippen LogP contribution in [0.5, 0.6) is 5.75 Å². The quantitative estimate of drug-likeness (QED) is 0.838. The maximum atomic E-state index is 12.4. The number of nitrogens with zero attached hydrogens (tertiary/aromatic N) is 2. The summed E-state index contributed by atoms with van der Waals surface area (Å²) in [7, 11) is 0. The van der Waals surface area contributed by atoms with Crippen LogP contribution in [0.25, 0.3) is 0 Å². The summed E-state index contributed by atoms with van der Waals surface area (Å²) in [6.07, 6.45) is 2.25. The van der Waals surface area contributed by atoms with E-state index in [1.807, 2.05) is 12.1 Å². The van der Waals surface area contributed by atoms with Crippen LogP contribution in [0.2, 0.25) is 0 Å². The number of hydrogen-bond acceptors (Lipinski definition) is 6. The molecular formula is C16H20N4O3. The van der Waals surface area contributed by atoms with E-state index in [1.54, 1.807) is 19.1 Å². The number of rotatable bonds is 6. The van der Waals surface area contributed by atoms with E-state index < -0.39 is 0 Å². The smallest absolute Gasteiger partial charge is 0.255 e. The van der Waals surface area contributed by atoms with Gasteiger partial charge in [0.2, 0.25) is 11.7 Å². The highest BCUT2D eigenvalue weighted by Gasteiger charge is 2.17. The van der Waals surface area contributed by atoms with Gasteiger partial charge in [0.1, 0.15) is 5.75 Å². The SMILES string of the molecule is Cc1nc(COc2ccccc2C(=O)NCC2CCCN2)no1. The Hall–Kier alpha value is -2.41. The average molecular weight is 316 g/mol. The van der Waals surface area contributed by atoms with Crippen LogP contribution in [-0.4, -0.2) is 35.2 Å². The van der Waals surface area contributed by atoms with E-state index in [4.69, 9.17) is 9.26 Å². The van der Waals surface area contributed by atoms with E-state index in [9.17, 15) is 4.79 Å². The maximum absolute atomic E-state index is 12.4. The lowest BCUT2D eigenvalue weighted by molar-refractivity contribution is 0.0945. The van der Waals surface area contributed by atoms with Crippen molar-refractivity contribution in [2.24, 2.45) is 0 Å². The minimum Gasteiger partial charge on any atom is -0.485 e. The second-order valence-electron chi connectivity index (χ2n) is 5.52. The molecule has 2 aromatic rings. The van der Waals surface area contributed by atoms with E-state index in [-0.39, 0.29) is 12.5 Å². The summed E-state index contributed by atoms with van der Waals surface area (Å²) < 4.78 is 10.6. The molecule has 1 aromatic carbocycles. The second-order valence-corrected chi connectivity index (χ2v) is 5.52. The summed E-state index contributed by atoms with van der Waals surface area (Å²) in [5, 5.41) is 10.1. The molecular weight excluding hydrogens is 296 g/mol. The molecule has 1 aliphatic rings. The molecule has 0 aliphatic carbocycles. The van der Waals surface area contributed by atoms with Gasteiger partial charge in [0.05, 0.1) is 5.56 Å². The van der Waals surface area contributed by atoms with Gasteiger partial charge in [-0.25, -0.2) is 0 Å². The summed E-state index contributed by atoms with van der Waals surface area (Å²) in [6, 6.07) is 7.50. The monoisotopic (exact) mass is 316 g/mol. The molecule has 0 saturated carbocycles. The van der Waals surface area contributed by atoms with E-state index in [0.717, 1.165) is 19.4 Å². The van der Waals surface area contributed by atoms with Crippen LogP contribution in [0.1, 0.15) is 34.9 Å². The highest BCUT2D eigenvalue weighted by Crippen LogP contribution is 2.19. The standard InChI is InChI=1S/C16H20N4O3/c1-11-19-15(20-23-11)10-22-14-7-3-2-6-13(14)16(21)18-9-12-5-4-8-17-12/h2-3,6-7,12,17H,4-5,8-10H2,1H3,(H,18,21). The molecule has 1 aliphatic heterocycles. The average Bonchev–Trinajstić information content (AvgIpc) is 3.22. The minimum absolute atomic E-state index is 0.140. The van der Waals surface area contributed by atoms with Gasteiger partial charge in [-0.15, -0.1) is 0 Å². The molecule has 1 amide bonds. The van der Waals surface area contributed by atoms with Gasteiger partial charge in [-0.3, -0.25) is 4.79 Å². The first-order valence-electron chi connectivity index (χ1n) is 7.75. The molecule has 2 heterocycles. The molecule has 7 nitrogen and oxygen atoms in total. The number of carbonyl (C=O) groups excluding carboxylic acids is 1. The number of aryl methyl sites for hydroxylation is 1. The molecule has 23 heavy (non-hydrogen) atoms. The third-order valence-corrected chi connectivity index (χ3v) is 3.73. The van der Waals surface area contributed by atoms with Crippen molar-refractivity contribution in [1.82, 2.24) is 20.8 Å². The lowest BCUT2D eigenvalue weighted by Crippen LogP contribution is -2.37. The summed E-state index contributed by atoms with van der Waals surface area (Å²) in [5.41, 5.74) is 0.505. The van der Waals surface area contributed by atoms with Gasteiger partial charge in [0.15, 0.2) is 6.61 Å². The molecule has 1 atom stereocenters. The van der Waals surface area contributed by atoms with Crippen molar-refractivity contribution in [2.45, 2.75) is 32.4 Å². The highest BCUT2D eigenvalue weighted by atomic mass is 16.5. The predicted molar refractivity (Wildman–Crippen MR) is 83.2 cm³/mol. The van der Waals surface area contributed by atoms with Gasteiger partial charge in [-0.1, -0.05) is 17.3 Å². The topological polar surface area (TPSA) is 89.3 Å². The summed E-state index contributed by atoms with van der Waals surface area (Å²) >= 11 is 0. The summed E-state index contributed by atoms with van der Waals surface area (Å²) in [6.45, 7) is 3.52. The van der Waals surface area contributed by atoms with Gasteiger partial charge < -0.3 is 19.9 Å². The number of para-hydroxylation sites is 1. The van der Waals surface area contributed by atoms with E-state index in [2.05, 4.69) is 20.8 Å². The Morgan fingerprint density at radius 3 is 3.09 bits per heavy atom. The van der Waals surface area contributed by atoms with Crippen LogP contribution in [0.3, 0.4) is 0 Å². The zero-order chi connectivity index (χ0) is 16.1. The zero-order valence-electron chi connectivity index (χ0n) is 13.0. The fourth-order valence-electron chi connectivity index (χ4n) is 2.56. The van der Waals surface area contributed by atoms with Gasteiger partial charge in [0.25, 0.3) is 5.91 Å². The predicted octanol–water partition coefficient (Wildman–Crippen LogP) is 1.44. The zero-order valence-corrected chi connectivity index (χ0v) is 13.0. The second kappa shape index (κ2) is 7.23. The van der Waals surface area contributed by atoms with E-state index >= 15 is 0 Å². The lowest BCUT2D eigenvalue weighted by atomic mass is 10.1. The van der Waals surface area contributed by atoms with Crippen LogP contribution >= 0.6 is 0 Å². The van der Waals surface area contributed by atoms with Crippen LogP contribution in [0, 0.1) is 6.92 Å². The maximum Gasteiger partial charge on any atom is 0.255 e. The van der Waals surface area contributed by atoms with Gasteiger partial charge in [-0.2, -0.15) is 4.98 Å². The Bertz CT molecular complexity index is 665. The van der Waals surface area contributed by atoms with Crippen molar-refractivity contribution in [3.05, 3.63) is 41.5 Å². The van der Waals surface area contributed by atoms with E-state index in [1.165, 1.54) is 0 Å². The van der Waals surface area contributed by atoms with Crippen molar-refractivity contribution in [3.8, 4) is 5.75 Å². The fraction of sp³-hybridized carbons (Fsp3) is 0.438. The van der Waals surface area contributed by atoms with Gasteiger partial charge >= 0.3 is 0 Å². The molecule has 1 saturated heterocycles. The molecule has 7 heteroatoms. The molecule has 0 bridgehead atoms. The summed E-state index contributed by atoms with van der Waals surface area (Å²) in [4.78, 5) is 16.4. The Balaban J connectivity index is 1.60. The Kier molecular flexibility index (Phi) is 4.87. The van der Waals surface area contributed by atoms with Crippen molar-refractivity contribution < 1.29 is 14.1 Å². The van der Waals surface area contributed by atoms with Crippen molar-refractivity contribution in [2.75, 3.05) is 13.1 Å². The van der Waals surface area contributed by atoms with Crippen molar-refractivity contribution >= 4 is 5.91 Å². The number of carbonyl (C=O) groups is 1. The number of hydrogen-bond donors (Lipinski definition) is 2. The number of nitrogens with one attached hydrogen (secondary N) is 2. The first-order chi connectivity index (χ1) is 11.2. The molecule has 122 valence electrons. The summed E-state index contributed by atoms with van der Waals surface area (Å²) in [5.74, 6) is 1.30. The van der Waals surface area contributed by atoms with Gasteiger partial charge in [-0.05, 0) is 31.5 Å². The number of benzene rings is 1. The first-order valence-corrected chi connectivity index (χ1v) is 7.75. The number of aromatic nitrogens is 2. The third-order valence-electron chi connectivity index (χ3n) is 3.73. The van der Waals surface area contributed by atoms with Crippen LogP contribution in [-0.2, 0) is 6.61 Å². The Labute approximate surface area is 134 Å². The Morgan fingerprint density at radius 1 is 1.48 bits per heavy atom. The molecule has 1 aromatic heterocycles. The number of ether oxygens (including phenoxy) is 1. The molecule has 1 fully saturated rings. The normalized spacial score (nSPS) is 17.2. The van der Waals surface area contributed by atoms with Crippen molar-refractivity contribution in [3.63, 3.8) is 0 Å². The van der Waals surface area contributed by atoms with Gasteiger partial charge in [0, 0.05) is 19.5 Å². The highest BCUT2D eigenvalue weighted by molar-refractivity contribution is 5.96. The minimum atomic E-state index is -0.140. The van der Waals surface area contributed by atoms with Crippen LogP contribution < -0.4 is 15.4 Å². The molecule has 0 radical (unpaired) electrons. The molecule has 3 rings (SSSR count). The Morgan fingerprint density at radius 2 is 2.35 bits per heavy atom. The van der Waals surface area contributed by atoms with Crippen LogP contribution in [0.15, 0.2) is 28.8 Å². The largest absolute Gasteiger partial charge is 0.485 e. The molecule has 0 spiro atoms.